The summed E-state index contributed by atoms with van der Waals surface area (Å²) in [4.78, 5) is 33.1. The fourth-order valence-electron chi connectivity index (χ4n) is 3.04. The Hall–Kier alpha value is -3.28. The number of aryl methyl sites for hydroxylation is 1. The molecule has 0 atom stereocenters. The van der Waals surface area contributed by atoms with Gasteiger partial charge in [-0.25, -0.2) is 4.98 Å². The predicted octanol–water partition coefficient (Wildman–Crippen LogP) is 3.52. The van der Waals surface area contributed by atoms with E-state index in [9.17, 15) is 9.59 Å². The van der Waals surface area contributed by atoms with Gasteiger partial charge in [-0.15, -0.1) is 0 Å². The zero-order chi connectivity index (χ0) is 20.6. The van der Waals surface area contributed by atoms with E-state index >= 15 is 0 Å². The summed E-state index contributed by atoms with van der Waals surface area (Å²) in [5.74, 6) is 0.0984. The number of amides is 1. The van der Waals surface area contributed by atoms with Gasteiger partial charge in [0.05, 0.1) is 10.9 Å². The van der Waals surface area contributed by atoms with Crippen LogP contribution in [0.4, 0.5) is 0 Å². The van der Waals surface area contributed by atoms with Gasteiger partial charge in [0.15, 0.2) is 0 Å². The molecule has 1 aromatic carbocycles. The third-order valence-corrected chi connectivity index (χ3v) is 4.77. The van der Waals surface area contributed by atoms with E-state index in [0.29, 0.717) is 23.4 Å². The van der Waals surface area contributed by atoms with Crippen molar-refractivity contribution in [1.82, 2.24) is 19.9 Å². The zero-order valence-electron chi connectivity index (χ0n) is 16.8. The quantitative estimate of drug-likeness (QED) is 0.472. The first-order valence-electron chi connectivity index (χ1n) is 9.90. The number of hydrogen-bond acceptors (Lipinski definition) is 4. The third-order valence-electron chi connectivity index (χ3n) is 4.77. The molecule has 1 N–H and O–H groups in total. The average molecular weight is 390 g/mol. The number of nitrogens with one attached hydrogen (secondary N) is 1. The van der Waals surface area contributed by atoms with Gasteiger partial charge >= 0.3 is 0 Å². The molecule has 1 amide bonds. The summed E-state index contributed by atoms with van der Waals surface area (Å²) in [5, 5.41) is 3.40. The molecule has 6 nitrogen and oxygen atoms in total. The van der Waals surface area contributed by atoms with E-state index in [1.807, 2.05) is 36.5 Å². The van der Waals surface area contributed by atoms with Gasteiger partial charge in [-0.2, -0.15) is 0 Å². The molecule has 150 valence electrons. The van der Waals surface area contributed by atoms with E-state index in [0.717, 1.165) is 24.8 Å². The van der Waals surface area contributed by atoms with Crippen LogP contribution < -0.4 is 10.9 Å². The second kappa shape index (κ2) is 9.78. The smallest absolute Gasteiger partial charge is 0.265 e. The maximum Gasteiger partial charge on any atom is 0.265 e. The number of unbranched alkanes of at least 4 members (excludes halogenated alkanes) is 1. The summed E-state index contributed by atoms with van der Waals surface area (Å²) in [6.07, 6.45) is 10.7. The number of carbonyl (C=O) groups excluding carboxylic acids is 1. The topological polar surface area (TPSA) is 76.9 Å². The van der Waals surface area contributed by atoms with Gasteiger partial charge in [0.1, 0.15) is 6.33 Å². The molecule has 6 heteroatoms. The van der Waals surface area contributed by atoms with E-state index in [2.05, 4.69) is 29.1 Å². The van der Waals surface area contributed by atoms with Crippen LogP contribution in [0.1, 0.15) is 43.7 Å². The summed E-state index contributed by atoms with van der Waals surface area (Å²) in [5.41, 5.74) is 2.75. The Kier molecular flexibility index (Phi) is 6.89. The van der Waals surface area contributed by atoms with Gasteiger partial charge in [-0.1, -0.05) is 26.0 Å². The molecule has 0 radical (unpaired) electrons. The number of nitrogens with zero attached hydrogens (tertiary/aromatic N) is 3. The van der Waals surface area contributed by atoms with E-state index in [1.165, 1.54) is 28.7 Å². The number of benzene rings is 1. The molecule has 0 aliphatic heterocycles. The Morgan fingerprint density at radius 1 is 1.24 bits per heavy atom. The molecule has 2 heterocycles. The highest BCUT2D eigenvalue weighted by atomic mass is 16.1. The standard InChI is InChI=1S/C23H26N4O2/c1-17(2)19-8-9-21-20(14-19)23(29)27(16-26-21)13-10-22(28)25-12-4-3-6-18-7-5-11-24-15-18/h5,7-11,13-17H,3-4,6,12H2,1-2H3,(H,25,28)/b13-10+. The Morgan fingerprint density at radius 2 is 2.10 bits per heavy atom. The largest absolute Gasteiger partial charge is 0.353 e. The number of pyridine rings is 1. The molecule has 3 rings (SSSR count). The van der Waals surface area contributed by atoms with Crippen molar-refractivity contribution < 1.29 is 4.79 Å². The molecule has 0 saturated heterocycles. The first-order chi connectivity index (χ1) is 14.0. The van der Waals surface area contributed by atoms with Crippen molar-refractivity contribution in [2.75, 3.05) is 6.54 Å². The van der Waals surface area contributed by atoms with Crippen molar-refractivity contribution in [3.63, 3.8) is 0 Å². The Balaban J connectivity index is 1.54. The van der Waals surface area contributed by atoms with Crippen LogP contribution in [0.5, 0.6) is 0 Å². The molecule has 0 fully saturated rings. The lowest BCUT2D eigenvalue weighted by atomic mass is 10.0. The summed E-state index contributed by atoms with van der Waals surface area (Å²) in [7, 11) is 0. The summed E-state index contributed by atoms with van der Waals surface area (Å²) < 4.78 is 1.34. The lowest BCUT2D eigenvalue weighted by Crippen LogP contribution is -2.23. The molecular formula is C23H26N4O2. The van der Waals surface area contributed by atoms with Crippen molar-refractivity contribution in [3.05, 3.63) is 76.6 Å². The van der Waals surface area contributed by atoms with Crippen LogP contribution in [0.3, 0.4) is 0 Å². The molecule has 0 saturated carbocycles. The average Bonchev–Trinajstić information content (AvgIpc) is 2.73. The van der Waals surface area contributed by atoms with Crippen LogP contribution >= 0.6 is 0 Å². The minimum atomic E-state index is -0.227. The van der Waals surface area contributed by atoms with Gasteiger partial charge < -0.3 is 5.32 Å². The number of carbonyl (C=O) groups is 1. The first kappa shape index (κ1) is 20.5. The first-order valence-corrected chi connectivity index (χ1v) is 9.90. The van der Waals surface area contributed by atoms with Crippen LogP contribution in [0.25, 0.3) is 17.1 Å². The van der Waals surface area contributed by atoms with E-state index in [4.69, 9.17) is 0 Å². The summed E-state index contributed by atoms with van der Waals surface area (Å²) in [6, 6.07) is 9.70. The predicted molar refractivity (Wildman–Crippen MR) is 116 cm³/mol. The number of rotatable bonds is 8. The molecule has 0 bridgehead atoms. The van der Waals surface area contributed by atoms with Crippen molar-refractivity contribution in [3.8, 4) is 0 Å². The molecule has 0 aliphatic rings. The monoisotopic (exact) mass is 390 g/mol. The van der Waals surface area contributed by atoms with Crippen molar-refractivity contribution in [2.24, 2.45) is 0 Å². The van der Waals surface area contributed by atoms with Gasteiger partial charge in [-0.3, -0.25) is 19.1 Å². The van der Waals surface area contributed by atoms with E-state index in [-0.39, 0.29) is 11.5 Å². The molecule has 29 heavy (non-hydrogen) atoms. The Bertz CT molecular complexity index is 1060. The van der Waals surface area contributed by atoms with Crippen LogP contribution in [0, 0.1) is 0 Å². The van der Waals surface area contributed by atoms with E-state index in [1.54, 1.807) is 6.20 Å². The number of aromatic nitrogens is 3. The SMILES string of the molecule is CC(C)c1ccc2ncn(/C=C/C(=O)NCCCCc3cccnc3)c(=O)c2c1. The second-order valence-corrected chi connectivity index (χ2v) is 7.31. The summed E-state index contributed by atoms with van der Waals surface area (Å²) >= 11 is 0. The maximum atomic E-state index is 12.7. The molecule has 0 aliphatic carbocycles. The van der Waals surface area contributed by atoms with Gasteiger partial charge in [0.25, 0.3) is 5.56 Å². The Labute approximate surface area is 170 Å². The lowest BCUT2D eigenvalue weighted by Gasteiger charge is -2.07. The Morgan fingerprint density at radius 3 is 2.86 bits per heavy atom. The summed E-state index contributed by atoms with van der Waals surface area (Å²) in [6.45, 7) is 4.75. The van der Waals surface area contributed by atoms with Gasteiger partial charge in [0.2, 0.25) is 5.91 Å². The van der Waals surface area contributed by atoms with Crippen LogP contribution in [-0.2, 0) is 11.2 Å². The minimum absolute atomic E-state index is 0.182. The fourth-order valence-corrected chi connectivity index (χ4v) is 3.04. The van der Waals surface area contributed by atoms with Crippen LogP contribution in [0.15, 0.2) is 59.9 Å². The van der Waals surface area contributed by atoms with Crippen molar-refractivity contribution in [1.29, 1.82) is 0 Å². The number of fused-ring (bicyclic) bond motifs is 1. The zero-order valence-corrected chi connectivity index (χ0v) is 16.8. The van der Waals surface area contributed by atoms with Gasteiger partial charge in [-0.05, 0) is 54.5 Å². The highest BCUT2D eigenvalue weighted by Gasteiger charge is 2.06. The van der Waals surface area contributed by atoms with Gasteiger partial charge in [0, 0.05) is 31.2 Å². The normalized spacial score (nSPS) is 11.4. The molecule has 0 spiro atoms. The van der Waals surface area contributed by atoms with Crippen molar-refractivity contribution >= 4 is 23.0 Å². The molecule has 3 aromatic rings. The lowest BCUT2D eigenvalue weighted by molar-refractivity contribution is -0.116. The molecule has 2 aromatic heterocycles. The molecule has 0 unspecified atom stereocenters. The second-order valence-electron chi connectivity index (χ2n) is 7.31. The molecular weight excluding hydrogens is 364 g/mol. The van der Waals surface area contributed by atoms with E-state index < -0.39 is 0 Å². The van der Waals surface area contributed by atoms with Crippen LogP contribution in [-0.4, -0.2) is 27.0 Å². The highest BCUT2D eigenvalue weighted by Crippen LogP contribution is 2.17. The maximum absolute atomic E-state index is 12.7. The highest BCUT2D eigenvalue weighted by molar-refractivity contribution is 5.90. The van der Waals surface area contributed by atoms with Crippen molar-refractivity contribution in [2.45, 2.75) is 39.0 Å². The minimum Gasteiger partial charge on any atom is -0.353 e. The fraction of sp³-hybridized carbons (Fsp3) is 0.304. The van der Waals surface area contributed by atoms with Crippen LogP contribution in [0.2, 0.25) is 0 Å². The number of hydrogen-bond donors (Lipinski definition) is 1. The third kappa shape index (κ3) is 5.60.